The van der Waals surface area contributed by atoms with Crippen molar-refractivity contribution in [2.24, 2.45) is 0 Å². The molecule has 1 heterocycles. The van der Waals surface area contributed by atoms with E-state index in [1.165, 1.54) is 6.07 Å². The summed E-state index contributed by atoms with van der Waals surface area (Å²) in [6.07, 6.45) is 1.66. The summed E-state index contributed by atoms with van der Waals surface area (Å²) >= 11 is 5.76. The summed E-state index contributed by atoms with van der Waals surface area (Å²) in [6.45, 7) is 5.33. The number of benzene rings is 1. The minimum atomic E-state index is -0.398. The highest BCUT2D eigenvalue weighted by molar-refractivity contribution is 6.17. The van der Waals surface area contributed by atoms with E-state index >= 15 is 0 Å². The first-order chi connectivity index (χ1) is 9.92. The van der Waals surface area contributed by atoms with E-state index in [4.69, 9.17) is 16.3 Å². The fraction of sp³-hybridized carbons (Fsp3) is 0.267. The van der Waals surface area contributed by atoms with Gasteiger partial charge in [0.15, 0.2) is 0 Å². The van der Waals surface area contributed by atoms with Crippen LogP contribution in [-0.4, -0.2) is 9.91 Å². The highest BCUT2D eigenvalue weighted by atomic mass is 35.5. The molecule has 0 unspecified atom stereocenters. The third kappa shape index (κ3) is 3.31. The molecule has 0 aliphatic carbocycles. The molecule has 0 bridgehead atoms. The number of nitrogens with zero attached hydrogens (tertiary/aromatic N) is 2. The first-order valence-electron chi connectivity index (χ1n) is 6.37. The van der Waals surface area contributed by atoms with Crippen molar-refractivity contribution in [1.82, 2.24) is 4.98 Å². The predicted octanol–water partition coefficient (Wildman–Crippen LogP) is 4.45. The van der Waals surface area contributed by atoms with Crippen molar-refractivity contribution in [3.8, 4) is 11.6 Å². The highest BCUT2D eigenvalue weighted by Gasteiger charge is 2.15. The molecule has 0 spiro atoms. The van der Waals surface area contributed by atoms with Crippen LogP contribution in [0.1, 0.15) is 22.3 Å². The van der Waals surface area contributed by atoms with Gasteiger partial charge in [-0.15, -0.1) is 11.6 Å². The minimum Gasteiger partial charge on any atom is -0.438 e. The van der Waals surface area contributed by atoms with Crippen molar-refractivity contribution in [3.05, 3.63) is 56.8 Å². The van der Waals surface area contributed by atoms with Gasteiger partial charge < -0.3 is 4.74 Å². The predicted molar refractivity (Wildman–Crippen MR) is 81.2 cm³/mol. The summed E-state index contributed by atoms with van der Waals surface area (Å²) < 4.78 is 5.78. The van der Waals surface area contributed by atoms with Crippen molar-refractivity contribution in [3.63, 3.8) is 0 Å². The van der Waals surface area contributed by atoms with Crippen LogP contribution in [0.5, 0.6) is 11.6 Å². The zero-order valence-corrected chi connectivity index (χ0v) is 12.8. The van der Waals surface area contributed by atoms with E-state index < -0.39 is 4.92 Å². The van der Waals surface area contributed by atoms with Gasteiger partial charge in [0.05, 0.1) is 4.92 Å². The number of nitro benzene ring substituents is 1. The zero-order valence-electron chi connectivity index (χ0n) is 12.0. The molecule has 21 heavy (non-hydrogen) atoms. The molecular weight excluding hydrogens is 292 g/mol. The Labute approximate surface area is 127 Å². The summed E-state index contributed by atoms with van der Waals surface area (Å²) in [5, 5.41) is 10.9. The number of alkyl halides is 1. The molecule has 0 atom stereocenters. The lowest BCUT2D eigenvalue weighted by atomic mass is 10.1. The van der Waals surface area contributed by atoms with E-state index in [-0.39, 0.29) is 5.69 Å². The van der Waals surface area contributed by atoms with Gasteiger partial charge in [0, 0.05) is 29.3 Å². The normalized spacial score (nSPS) is 10.5. The monoisotopic (exact) mass is 306 g/mol. The third-order valence-corrected chi connectivity index (χ3v) is 3.45. The largest absolute Gasteiger partial charge is 0.438 e. The number of hydrogen-bond donors (Lipinski definition) is 0. The quantitative estimate of drug-likeness (QED) is 0.475. The maximum absolute atomic E-state index is 10.9. The van der Waals surface area contributed by atoms with Gasteiger partial charge in [-0.05, 0) is 44.0 Å². The second-order valence-electron chi connectivity index (χ2n) is 4.86. The van der Waals surface area contributed by atoms with Crippen LogP contribution >= 0.6 is 11.6 Å². The van der Waals surface area contributed by atoms with Crippen LogP contribution in [0.25, 0.3) is 0 Å². The van der Waals surface area contributed by atoms with E-state index in [1.54, 1.807) is 26.1 Å². The number of ether oxygens (including phenoxy) is 1. The Hall–Kier alpha value is -2.14. The topological polar surface area (TPSA) is 65.3 Å². The van der Waals surface area contributed by atoms with Gasteiger partial charge in [0.1, 0.15) is 5.75 Å². The second-order valence-corrected chi connectivity index (χ2v) is 5.13. The molecule has 0 radical (unpaired) electrons. The lowest BCUT2D eigenvalue weighted by Gasteiger charge is -2.11. The van der Waals surface area contributed by atoms with Gasteiger partial charge in [-0.1, -0.05) is 0 Å². The molecule has 0 aliphatic rings. The SMILES string of the molecule is Cc1cc([N+](=O)[O-])c(C)cc1Oc1ncc(CCl)cc1C. The molecule has 0 amide bonds. The highest BCUT2D eigenvalue weighted by Crippen LogP contribution is 2.31. The van der Waals surface area contributed by atoms with Gasteiger partial charge in [0.25, 0.3) is 5.69 Å². The number of aryl methyl sites for hydroxylation is 3. The van der Waals surface area contributed by atoms with Gasteiger partial charge in [-0.25, -0.2) is 4.98 Å². The number of rotatable bonds is 4. The molecule has 1 aromatic carbocycles. The summed E-state index contributed by atoms with van der Waals surface area (Å²) in [6, 6.07) is 5.07. The number of halogens is 1. The maximum Gasteiger partial charge on any atom is 0.272 e. The van der Waals surface area contributed by atoms with E-state index in [0.717, 1.165) is 11.1 Å². The average Bonchev–Trinajstić information content (AvgIpc) is 2.44. The summed E-state index contributed by atoms with van der Waals surface area (Å²) in [5.74, 6) is 1.43. The molecule has 0 saturated heterocycles. The molecule has 0 aliphatic heterocycles. The molecule has 2 rings (SSSR count). The third-order valence-electron chi connectivity index (χ3n) is 3.14. The molecule has 0 saturated carbocycles. The van der Waals surface area contributed by atoms with E-state index in [0.29, 0.717) is 28.6 Å². The second kappa shape index (κ2) is 6.10. The van der Waals surface area contributed by atoms with Crippen LogP contribution in [-0.2, 0) is 5.88 Å². The fourth-order valence-electron chi connectivity index (χ4n) is 1.99. The lowest BCUT2D eigenvalue weighted by Crippen LogP contribution is -1.97. The van der Waals surface area contributed by atoms with Crippen LogP contribution in [0.2, 0.25) is 0 Å². The molecule has 1 aromatic heterocycles. The molecule has 110 valence electrons. The number of aromatic nitrogens is 1. The molecule has 2 aromatic rings. The molecular formula is C15H15ClN2O3. The molecule has 0 fully saturated rings. The summed E-state index contributed by atoms with van der Waals surface area (Å²) in [5.41, 5.74) is 3.11. The van der Waals surface area contributed by atoms with Crippen LogP contribution < -0.4 is 4.74 Å². The maximum atomic E-state index is 10.9. The molecule has 5 nitrogen and oxygen atoms in total. The number of pyridine rings is 1. The van der Waals surface area contributed by atoms with E-state index in [2.05, 4.69) is 4.98 Å². The minimum absolute atomic E-state index is 0.0852. The average molecular weight is 307 g/mol. The number of nitro groups is 1. The Kier molecular flexibility index (Phi) is 4.43. The smallest absolute Gasteiger partial charge is 0.272 e. The van der Waals surface area contributed by atoms with Gasteiger partial charge >= 0.3 is 0 Å². The fourth-order valence-corrected chi connectivity index (χ4v) is 2.13. The Morgan fingerprint density at radius 3 is 2.48 bits per heavy atom. The first kappa shape index (κ1) is 15.3. The van der Waals surface area contributed by atoms with E-state index in [9.17, 15) is 10.1 Å². The standard InChI is InChI=1S/C15H15ClN2O3/c1-9-6-14(10(2)5-13(9)18(19)20)21-15-11(3)4-12(7-16)8-17-15/h4-6,8H,7H2,1-3H3. The van der Waals surface area contributed by atoms with E-state index in [1.807, 2.05) is 13.0 Å². The van der Waals surface area contributed by atoms with Crippen molar-refractivity contribution in [2.45, 2.75) is 26.7 Å². The summed E-state index contributed by atoms with van der Waals surface area (Å²) in [4.78, 5) is 14.7. The Morgan fingerprint density at radius 1 is 1.19 bits per heavy atom. The van der Waals surface area contributed by atoms with Crippen LogP contribution in [0, 0.1) is 30.9 Å². The lowest BCUT2D eigenvalue weighted by molar-refractivity contribution is -0.385. The van der Waals surface area contributed by atoms with Crippen molar-refractivity contribution < 1.29 is 9.66 Å². The Bertz CT molecular complexity index is 702. The van der Waals surface area contributed by atoms with Crippen LogP contribution in [0.15, 0.2) is 24.4 Å². The van der Waals surface area contributed by atoms with Gasteiger partial charge in [-0.3, -0.25) is 10.1 Å². The van der Waals surface area contributed by atoms with Crippen LogP contribution in [0.4, 0.5) is 5.69 Å². The first-order valence-corrected chi connectivity index (χ1v) is 6.90. The molecule has 0 N–H and O–H groups in total. The Morgan fingerprint density at radius 2 is 1.90 bits per heavy atom. The van der Waals surface area contributed by atoms with Crippen molar-refractivity contribution >= 4 is 17.3 Å². The zero-order chi connectivity index (χ0) is 15.6. The van der Waals surface area contributed by atoms with Gasteiger partial charge in [-0.2, -0.15) is 0 Å². The Balaban J connectivity index is 2.36. The summed E-state index contributed by atoms with van der Waals surface area (Å²) in [7, 11) is 0. The number of hydrogen-bond acceptors (Lipinski definition) is 4. The van der Waals surface area contributed by atoms with Crippen molar-refractivity contribution in [2.75, 3.05) is 0 Å². The molecule has 6 heteroatoms. The van der Waals surface area contributed by atoms with Gasteiger partial charge in [0.2, 0.25) is 5.88 Å². The van der Waals surface area contributed by atoms with Crippen LogP contribution in [0.3, 0.4) is 0 Å². The van der Waals surface area contributed by atoms with Crippen molar-refractivity contribution in [1.29, 1.82) is 0 Å².